The summed E-state index contributed by atoms with van der Waals surface area (Å²) in [7, 11) is 1.58. The smallest absolute Gasteiger partial charge is 0.457 e. The standard InChI is InChI=1S/C24H24N2O5/c1-24(2,3)31-23(27)30-22-18(14-28-4)21-17-12-16(29-15-8-6-5-7-9-15)10-11-19(17)26-20(21)13-25-22/h5-13,26H,14H2,1-4H3. The Morgan fingerprint density at radius 1 is 1.03 bits per heavy atom. The molecule has 0 aliphatic carbocycles. The van der Waals surface area contributed by atoms with E-state index < -0.39 is 11.8 Å². The molecule has 0 radical (unpaired) electrons. The van der Waals surface area contributed by atoms with Crippen LogP contribution in [0.5, 0.6) is 17.4 Å². The number of hydrogen-bond donors (Lipinski definition) is 1. The lowest BCUT2D eigenvalue weighted by Crippen LogP contribution is -2.26. The molecule has 4 aromatic rings. The van der Waals surface area contributed by atoms with Crippen LogP contribution < -0.4 is 9.47 Å². The number of fused-ring (bicyclic) bond motifs is 3. The molecule has 2 aromatic heterocycles. The molecule has 0 saturated heterocycles. The van der Waals surface area contributed by atoms with E-state index in [4.69, 9.17) is 18.9 Å². The second-order valence-corrected chi connectivity index (χ2v) is 8.08. The molecule has 0 spiro atoms. The molecule has 31 heavy (non-hydrogen) atoms. The van der Waals surface area contributed by atoms with Crippen LogP contribution in [0.1, 0.15) is 26.3 Å². The van der Waals surface area contributed by atoms with Crippen LogP contribution in [0.3, 0.4) is 0 Å². The maximum atomic E-state index is 12.2. The first-order valence-corrected chi connectivity index (χ1v) is 9.90. The van der Waals surface area contributed by atoms with Crippen LogP contribution in [0.2, 0.25) is 0 Å². The molecule has 0 aliphatic rings. The van der Waals surface area contributed by atoms with Crippen LogP contribution in [0, 0.1) is 0 Å². The minimum Gasteiger partial charge on any atom is -0.457 e. The van der Waals surface area contributed by atoms with Gasteiger partial charge in [0.15, 0.2) is 0 Å². The van der Waals surface area contributed by atoms with Crippen LogP contribution >= 0.6 is 0 Å². The summed E-state index contributed by atoms with van der Waals surface area (Å²) in [5, 5.41) is 1.76. The normalized spacial score (nSPS) is 11.6. The molecule has 4 rings (SSSR count). The Morgan fingerprint density at radius 3 is 2.52 bits per heavy atom. The van der Waals surface area contributed by atoms with Crippen LogP contribution in [0.4, 0.5) is 4.79 Å². The molecule has 160 valence electrons. The maximum Gasteiger partial charge on any atom is 0.515 e. The van der Waals surface area contributed by atoms with Gasteiger partial charge in [0.05, 0.1) is 23.9 Å². The average Bonchev–Trinajstić information content (AvgIpc) is 3.07. The first-order valence-electron chi connectivity index (χ1n) is 9.90. The summed E-state index contributed by atoms with van der Waals surface area (Å²) in [5.74, 6) is 1.59. The molecule has 7 nitrogen and oxygen atoms in total. The van der Waals surface area contributed by atoms with Gasteiger partial charge in [0, 0.05) is 23.4 Å². The predicted molar refractivity (Wildman–Crippen MR) is 118 cm³/mol. The highest BCUT2D eigenvalue weighted by Crippen LogP contribution is 2.36. The topological polar surface area (TPSA) is 82.7 Å². The van der Waals surface area contributed by atoms with Gasteiger partial charge in [0.25, 0.3) is 0 Å². The monoisotopic (exact) mass is 420 g/mol. The van der Waals surface area contributed by atoms with E-state index in [1.54, 1.807) is 34.1 Å². The van der Waals surface area contributed by atoms with E-state index in [2.05, 4.69) is 9.97 Å². The third-order valence-corrected chi connectivity index (χ3v) is 4.51. The molecule has 7 heteroatoms. The van der Waals surface area contributed by atoms with E-state index in [0.29, 0.717) is 11.3 Å². The van der Waals surface area contributed by atoms with Crippen LogP contribution in [0.25, 0.3) is 21.8 Å². The summed E-state index contributed by atoms with van der Waals surface area (Å²) >= 11 is 0. The number of carbonyl (C=O) groups is 1. The highest BCUT2D eigenvalue weighted by atomic mass is 16.7. The molecular weight excluding hydrogens is 396 g/mol. The van der Waals surface area contributed by atoms with E-state index in [1.165, 1.54) is 0 Å². The van der Waals surface area contributed by atoms with Crippen molar-refractivity contribution < 1.29 is 23.7 Å². The predicted octanol–water partition coefficient (Wildman–Crippen LogP) is 5.97. The Bertz CT molecular complexity index is 1230. The Balaban J connectivity index is 1.78. The van der Waals surface area contributed by atoms with Crippen molar-refractivity contribution in [1.29, 1.82) is 0 Å². The van der Waals surface area contributed by atoms with E-state index >= 15 is 0 Å². The summed E-state index contributed by atoms with van der Waals surface area (Å²) in [4.78, 5) is 19.9. The lowest BCUT2D eigenvalue weighted by Gasteiger charge is -2.19. The van der Waals surface area contributed by atoms with Crippen molar-refractivity contribution in [3.05, 3.63) is 60.3 Å². The molecule has 0 bridgehead atoms. The van der Waals surface area contributed by atoms with Crippen molar-refractivity contribution in [3.8, 4) is 17.4 Å². The van der Waals surface area contributed by atoms with Crippen molar-refractivity contribution >= 4 is 28.0 Å². The Kier molecular flexibility index (Phi) is 5.52. The van der Waals surface area contributed by atoms with Crippen molar-refractivity contribution in [2.45, 2.75) is 33.0 Å². The van der Waals surface area contributed by atoms with Gasteiger partial charge in [-0.2, -0.15) is 0 Å². The Morgan fingerprint density at radius 2 is 1.81 bits per heavy atom. The quantitative estimate of drug-likeness (QED) is 0.401. The van der Waals surface area contributed by atoms with Crippen molar-refractivity contribution in [1.82, 2.24) is 9.97 Å². The summed E-state index contributed by atoms with van der Waals surface area (Å²) in [5.41, 5.74) is 1.68. The SMILES string of the molecule is COCc1c(OC(=O)OC(C)(C)C)ncc2[nH]c3ccc(Oc4ccccc4)cc3c12. The zero-order valence-electron chi connectivity index (χ0n) is 17.9. The van der Waals surface area contributed by atoms with Gasteiger partial charge in [-0.15, -0.1) is 0 Å². The minimum absolute atomic E-state index is 0.152. The fraction of sp³-hybridized carbons (Fsp3) is 0.250. The maximum absolute atomic E-state index is 12.2. The fourth-order valence-electron chi connectivity index (χ4n) is 3.33. The largest absolute Gasteiger partial charge is 0.515 e. The van der Waals surface area contributed by atoms with Crippen LogP contribution in [0.15, 0.2) is 54.7 Å². The molecule has 0 atom stereocenters. The summed E-state index contributed by atoms with van der Waals surface area (Å²) in [6, 6.07) is 15.3. The van der Waals surface area contributed by atoms with Gasteiger partial charge in [0.1, 0.15) is 17.1 Å². The number of benzene rings is 2. The molecule has 0 saturated carbocycles. The highest BCUT2D eigenvalue weighted by molar-refractivity contribution is 6.09. The van der Waals surface area contributed by atoms with E-state index in [1.807, 2.05) is 48.5 Å². The third kappa shape index (κ3) is 4.62. The van der Waals surface area contributed by atoms with Gasteiger partial charge in [-0.05, 0) is 51.1 Å². The van der Waals surface area contributed by atoms with Gasteiger partial charge in [-0.3, -0.25) is 0 Å². The number of nitrogens with one attached hydrogen (secondary N) is 1. The van der Waals surface area contributed by atoms with Crippen LogP contribution in [-0.2, 0) is 16.1 Å². The van der Waals surface area contributed by atoms with E-state index in [-0.39, 0.29) is 12.5 Å². The second kappa shape index (κ2) is 8.28. The fourth-order valence-corrected chi connectivity index (χ4v) is 3.33. The third-order valence-electron chi connectivity index (χ3n) is 4.51. The molecule has 0 fully saturated rings. The van der Waals surface area contributed by atoms with Gasteiger partial charge >= 0.3 is 6.16 Å². The van der Waals surface area contributed by atoms with Crippen molar-refractivity contribution in [3.63, 3.8) is 0 Å². The molecule has 2 aromatic carbocycles. The number of carbonyl (C=O) groups excluding carboxylic acids is 1. The number of para-hydroxylation sites is 1. The number of nitrogens with zero attached hydrogens (tertiary/aromatic N) is 1. The first kappa shape index (κ1) is 20.7. The summed E-state index contributed by atoms with van der Waals surface area (Å²) in [6.07, 6.45) is 0.816. The number of methoxy groups -OCH3 is 1. The van der Waals surface area contributed by atoms with Crippen molar-refractivity contribution in [2.75, 3.05) is 7.11 Å². The molecular formula is C24H24N2O5. The number of aromatic amines is 1. The lowest BCUT2D eigenvalue weighted by atomic mass is 10.1. The zero-order chi connectivity index (χ0) is 22.0. The van der Waals surface area contributed by atoms with E-state index in [0.717, 1.165) is 27.6 Å². The zero-order valence-corrected chi connectivity index (χ0v) is 17.9. The van der Waals surface area contributed by atoms with Gasteiger partial charge in [-0.1, -0.05) is 18.2 Å². The number of H-pyrrole nitrogens is 1. The summed E-state index contributed by atoms with van der Waals surface area (Å²) < 4.78 is 22.1. The number of ether oxygens (including phenoxy) is 4. The molecule has 0 amide bonds. The number of rotatable bonds is 5. The Labute approximate surface area is 179 Å². The lowest BCUT2D eigenvalue weighted by molar-refractivity contribution is 0.0192. The molecule has 1 N–H and O–H groups in total. The van der Waals surface area contributed by atoms with Crippen molar-refractivity contribution in [2.24, 2.45) is 0 Å². The van der Waals surface area contributed by atoms with Gasteiger partial charge < -0.3 is 23.9 Å². The van der Waals surface area contributed by atoms with Crippen LogP contribution in [-0.4, -0.2) is 28.8 Å². The summed E-state index contributed by atoms with van der Waals surface area (Å²) in [6.45, 7) is 5.53. The molecule has 0 aliphatic heterocycles. The number of hydrogen-bond acceptors (Lipinski definition) is 6. The van der Waals surface area contributed by atoms with Gasteiger partial charge in [0.2, 0.25) is 5.88 Å². The first-order chi connectivity index (χ1) is 14.8. The second-order valence-electron chi connectivity index (χ2n) is 8.08. The number of pyridine rings is 1. The molecule has 0 unspecified atom stereocenters. The highest BCUT2D eigenvalue weighted by Gasteiger charge is 2.22. The number of aromatic nitrogens is 2. The van der Waals surface area contributed by atoms with Gasteiger partial charge in [-0.25, -0.2) is 9.78 Å². The average molecular weight is 420 g/mol. The van der Waals surface area contributed by atoms with E-state index in [9.17, 15) is 4.79 Å². The minimum atomic E-state index is -0.815. The Hall–Kier alpha value is -3.58. The molecule has 2 heterocycles.